The Hall–Kier alpha value is -1.31. The second-order valence-electron chi connectivity index (χ2n) is 11.9. The van der Waals surface area contributed by atoms with Crippen molar-refractivity contribution in [3.8, 4) is 0 Å². The Morgan fingerprint density at radius 1 is 1.00 bits per heavy atom. The lowest BCUT2D eigenvalue weighted by molar-refractivity contribution is -0.291. The zero-order valence-corrected chi connectivity index (χ0v) is 24.5. The number of aliphatic hydroxyl groups excluding tert-OH is 8. The highest BCUT2D eigenvalue weighted by Crippen LogP contribution is 2.37. The summed E-state index contributed by atoms with van der Waals surface area (Å²) >= 11 is 0. The van der Waals surface area contributed by atoms with Crippen LogP contribution in [0.25, 0.3) is 0 Å². The Balaban J connectivity index is 1.86. The molecule has 16 unspecified atom stereocenters. The van der Waals surface area contributed by atoms with E-state index in [1.54, 1.807) is 0 Å². The van der Waals surface area contributed by atoms with Gasteiger partial charge in [0.2, 0.25) is 0 Å². The number of aliphatic hydroxyl groups is 8. The fourth-order valence-electron chi connectivity index (χ4n) is 5.85. The van der Waals surface area contributed by atoms with Gasteiger partial charge in [0, 0.05) is 25.0 Å². The molecule has 0 aromatic heterocycles. The number of ether oxygens (including phenoxy) is 3. The number of rotatable bonds is 13. The first-order valence-electron chi connectivity index (χ1n) is 14.7. The van der Waals surface area contributed by atoms with Crippen LogP contribution in [0.2, 0.25) is 0 Å². The average Bonchev–Trinajstić information content (AvgIpc) is 2.99. The highest BCUT2D eigenvalue weighted by atomic mass is 19.3. The molecule has 0 aromatic rings. The van der Waals surface area contributed by atoms with Crippen LogP contribution in [-0.4, -0.2) is 177 Å². The first kappa shape index (κ1) is 38.1. The number of carbonyl (C=O) groups excluding carboxylic acids is 1. The predicted octanol–water partition coefficient (Wildman–Crippen LogP) is -7.93. The molecule has 264 valence electrons. The van der Waals surface area contributed by atoms with Gasteiger partial charge in [-0.1, -0.05) is 0 Å². The lowest BCUT2D eigenvalue weighted by atomic mass is 9.72. The number of amides is 1. The summed E-state index contributed by atoms with van der Waals surface area (Å²) in [6, 6.07) is -3.84. The molecule has 1 saturated carbocycles. The molecule has 2 saturated heterocycles. The van der Waals surface area contributed by atoms with Crippen LogP contribution in [0.15, 0.2) is 0 Å². The van der Waals surface area contributed by atoms with Crippen LogP contribution in [0.4, 0.5) is 8.78 Å². The summed E-state index contributed by atoms with van der Waals surface area (Å²) in [4.78, 5) is 12.6. The van der Waals surface area contributed by atoms with Crippen molar-refractivity contribution in [2.45, 2.75) is 110 Å². The Morgan fingerprint density at radius 3 is 2.29 bits per heavy atom. The van der Waals surface area contributed by atoms with E-state index in [0.717, 1.165) is 0 Å². The maximum Gasteiger partial charge on any atom is 0.294 e. The second kappa shape index (κ2) is 16.2. The van der Waals surface area contributed by atoms with Crippen LogP contribution in [0.5, 0.6) is 0 Å². The molecule has 3 rings (SSSR count). The van der Waals surface area contributed by atoms with Crippen molar-refractivity contribution in [3.63, 3.8) is 0 Å². The minimum absolute atomic E-state index is 0.0611. The molecule has 18 nitrogen and oxygen atoms in total. The molecule has 1 amide bonds. The number of nitrogens with two attached hydrogens (primary N) is 4. The van der Waals surface area contributed by atoms with Crippen molar-refractivity contribution >= 4 is 5.91 Å². The monoisotopic (exact) mass is 662 g/mol. The molecule has 2 aliphatic heterocycles. The quantitative estimate of drug-likeness (QED) is 0.0870. The molecular weight excluding hydrogens is 614 g/mol. The molecule has 0 aromatic carbocycles. The second-order valence-corrected chi connectivity index (χ2v) is 11.9. The third-order valence-corrected chi connectivity index (χ3v) is 8.59. The van der Waals surface area contributed by atoms with Crippen LogP contribution in [-0.2, 0) is 19.0 Å². The van der Waals surface area contributed by atoms with Crippen molar-refractivity contribution < 1.29 is 68.6 Å². The third kappa shape index (κ3) is 8.79. The van der Waals surface area contributed by atoms with Gasteiger partial charge in [-0.3, -0.25) is 4.79 Å². The Kier molecular flexibility index (Phi) is 13.7. The van der Waals surface area contributed by atoms with Gasteiger partial charge < -0.3 is 88.6 Å². The first-order valence-corrected chi connectivity index (χ1v) is 14.7. The molecule has 0 bridgehead atoms. The zero-order chi connectivity index (χ0) is 33.8. The molecule has 3 fully saturated rings. The van der Waals surface area contributed by atoms with Crippen LogP contribution < -0.4 is 33.6 Å². The molecule has 2 heterocycles. The minimum atomic E-state index is -4.01. The van der Waals surface area contributed by atoms with Crippen molar-refractivity contribution in [3.05, 3.63) is 0 Å². The molecule has 3 aliphatic rings. The minimum Gasteiger partial charge on any atom is -0.392 e. The fraction of sp³-hybridized carbons (Fsp3) is 0.960. The van der Waals surface area contributed by atoms with Gasteiger partial charge in [0.05, 0.1) is 55.8 Å². The normalized spacial score (nSPS) is 42.6. The van der Waals surface area contributed by atoms with Crippen LogP contribution in [0, 0.1) is 5.92 Å². The van der Waals surface area contributed by atoms with Crippen LogP contribution in [0.3, 0.4) is 0 Å². The number of hydrogen-bond acceptors (Lipinski definition) is 17. The average molecular weight is 663 g/mol. The first-order chi connectivity index (χ1) is 21.0. The lowest BCUT2D eigenvalue weighted by Gasteiger charge is -2.51. The van der Waals surface area contributed by atoms with Gasteiger partial charge in [-0.15, -0.1) is 0 Å². The molecule has 0 spiro atoms. The largest absolute Gasteiger partial charge is 0.392 e. The number of alkyl halides is 2. The molecule has 16 atom stereocenters. The van der Waals surface area contributed by atoms with Gasteiger partial charge in [0.15, 0.2) is 12.4 Å². The highest BCUT2D eigenvalue weighted by Gasteiger charge is 2.56. The molecule has 18 N–H and O–H groups in total. The van der Waals surface area contributed by atoms with Crippen LogP contribution in [0.1, 0.15) is 12.8 Å². The fourth-order valence-corrected chi connectivity index (χ4v) is 5.85. The van der Waals surface area contributed by atoms with Gasteiger partial charge in [-0.25, -0.2) is 8.78 Å². The summed E-state index contributed by atoms with van der Waals surface area (Å²) in [6.07, 6.45) is -19.6. The molecule has 20 heteroatoms. The lowest BCUT2D eigenvalue weighted by Crippen LogP contribution is -2.71. The van der Waals surface area contributed by atoms with Gasteiger partial charge in [0.25, 0.3) is 11.8 Å². The number of carbonyl (C=O) groups is 1. The number of hydrogen-bond donors (Lipinski definition) is 14. The topological polar surface area (TPSA) is 335 Å². The number of nitrogens with one attached hydrogen (secondary N) is 2. The highest BCUT2D eigenvalue weighted by molar-refractivity contribution is 5.82. The van der Waals surface area contributed by atoms with Gasteiger partial charge in [-0.05, 0) is 19.4 Å². The van der Waals surface area contributed by atoms with E-state index in [4.69, 9.17) is 37.1 Å². The standard InChI is InChI=1S/C25H48F2N6O12/c26-25(27,7-29)22(41)23(42)33-10-3-9(30)13(16(37)20(10)45-24-17(38)14(31)11(35)6-43-24)21-19(40)18(39)15(36)12(44-21)5-32-4-8(34)1-2-28/h8-22,24,32,34-41H,1-7,28-31H2,(H,33,42). The smallest absolute Gasteiger partial charge is 0.294 e. The summed E-state index contributed by atoms with van der Waals surface area (Å²) in [7, 11) is 0. The van der Waals surface area contributed by atoms with Crippen molar-refractivity contribution in [2.75, 3.05) is 32.8 Å². The Morgan fingerprint density at radius 2 is 1.67 bits per heavy atom. The van der Waals surface area contributed by atoms with E-state index in [-0.39, 0.29) is 32.5 Å². The Bertz CT molecular complexity index is 951. The van der Waals surface area contributed by atoms with E-state index in [0.29, 0.717) is 0 Å². The summed E-state index contributed by atoms with van der Waals surface area (Å²) in [5.74, 6) is -6.89. The van der Waals surface area contributed by atoms with Crippen molar-refractivity contribution in [1.82, 2.24) is 10.6 Å². The molecule has 45 heavy (non-hydrogen) atoms. The van der Waals surface area contributed by atoms with Crippen molar-refractivity contribution in [2.24, 2.45) is 28.9 Å². The predicted molar refractivity (Wildman–Crippen MR) is 148 cm³/mol. The number of halogens is 2. The van der Waals surface area contributed by atoms with E-state index < -0.39 is 122 Å². The molecule has 0 radical (unpaired) electrons. The van der Waals surface area contributed by atoms with Gasteiger partial charge in [-0.2, -0.15) is 0 Å². The van der Waals surface area contributed by atoms with Gasteiger partial charge >= 0.3 is 0 Å². The van der Waals surface area contributed by atoms with E-state index in [2.05, 4.69) is 10.6 Å². The summed E-state index contributed by atoms with van der Waals surface area (Å²) in [6.45, 7) is -1.58. The van der Waals surface area contributed by atoms with Crippen molar-refractivity contribution in [1.29, 1.82) is 0 Å². The maximum atomic E-state index is 14.0. The summed E-state index contributed by atoms with van der Waals surface area (Å²) in [5.41, 5.74) is 22.5. The van der Waals surface area contributed by atoms with E-state index in [1.165, 1.54) is 0 Å². The van der Waals surface area contributed by atoms with E-state index >= 15 is 0 Å². The summed E-state index contributed by atoms with van der Waals surface area (Å²) < 4.78 is 45.0. The third-order valence-electron chi connectivity index (χ3n) is 8.59. The SMILES string of the molecule is NCCC(O)CNCC1OC(C2C(N)CC(NC(=O)C(O)C(F)(F)CN)C(OC3OCC(O)C(N)C3O)C2O)C(O)C(O)C1O. The maximum absolute atomic E-state index is 14.0. The van der Waals surface area contributed by atoms with E-state index in [1.807, 2.05) is 0 Å². The molecular formula is C25H48F2N6O12. The zero-order valence-electron chi connectivity index (χ0n) is 24.5. The van der Waals surface area contributed by atoms with Gasteiger partial charge in [0.1, 0.15) is 30.5 Å². The Labute approximate surface area is 257 Å². The molecule has 1 aliphatic carbocycles. The van der Waals surface area contributed by atoms with E-state index in [9.17, 15) is 54.4 Å². The summed E-state index contributed by atoms with van der Waals surface area (Å²) in [5, 5.41) is 89.0. The van der Waals surface area contributed by atoms with Crippen LogP contribution >= 0.6 is 0 Å².